The average molecular weight is 276 g/mol. The van der Waals surface area contributed by atoms with Crippen molar-refractivity contribution in [3.63, 3.8) is 0 Å². The van der Waals surface area contributed by atoms with Gasteiger partial charge in [-0.05, 0) is 25.8 Å². The van der Waals surface area contributed by atoms with E-state index in [1.54, 1.807) is 6.20 Å². The van der Waals surface area contributed by atoms with Crippen LogP contribution < -0.4 is 4.90 Å². The van der Waals surface area contributed by atoms with Crippen LogP contribution in [0.1, 0.15) is 18.5 Å². The highest BCUT2D eigenvalue weighted by Crippen LogP contribution is 2.17. The van der Waals surface area contributed by atoms with Crippen LogP contribution in [0.2, 0.25) is 0 Å². The van der Waals surface area contributed by atoms with Gasteiger partial charge in [0.2, 0.25) is 5.95 Å². The summed E-state index contributed by atoms with van der Waals surface area (Å²) in [4.78, 5) is 25.0. The lowest BCUT2D eigenvalue weighted by Gasteiger charge is -2.34. The Labute approximate surface area is 118 Å². The molecule has 0 saturated carbocycles. The second-order valence-electron chi connectivity index (χ2n) is 5.34. The van der Waals surface area contributed by atoms with Crippen LogP contribution >= 0.6 is 0 Å². The first-order chi connectivity index (χ1) is 9.74. The number of ether oxygens (including phenoxy) is 1. The first-order valence-corrected chi connectivity index (χ1v) is 7.19. The summed E-state index contributed by atoms with van der Waals surface area (Å²) in [5.74, 6) is 0.798. The number of likely N-dealkylation sites (tertiary alicyclic amines) is 1. The van der Waals surface area contributed by atoms with Crippen molar-refractivity contribution in [3.05, 3.63) is 18.0 Å². The van der Waals surface area contributed by atoms with E-state index in [-0.39, 0.29) is 12.0 Å². The van der Waals surface area contributed by atoms with Crippen molar-refractivity contribution in [2.45, 2.75) is 25.9 Å². The smallest absolute Gasteiger partial charge is 0.253 e. The van der Waals surface area contributed by atoms with Gasteiger partial charge in [0.1, 0.15) is 0 Å². The largest absolute Gasteiger partial charge is 0.365 e. The highest BCUT2D eigenvalue weighted by molar-refractivity contribution is 5.82. The summed E-state index contributed by atoms with van der Waals surface area (Å²) in [6.07, 6.45) is 3.57. The molecule has 1 atom stereocenters. The second-order valence-corrected chi connectivity index (χ2v) is 5.34. The van der Waals surface area contributed by atoms with Crippen molar-refractivity contribution in [3.8, 4) is 0 Å². The molecular formula is C14H20N4O2. The fraction of sp³-hybridized carbons (Fsp3) is 0.643. The standard InChI is InChI=1S/C14H20N4O2/c1-11-4-5-15-14(16-11)18-8-9-20-12(10-18)13(19)17-6-2-3-7-17/h4-5,12H,2-3,6-10H2,1H3. The molecule has 0 aliphatic carbocycles. The lowest BCUT2D eigenvalue weighted by Crippen LogP contribution is -2.51. The van der Waals surface area contributed by atoms with E-state index < -0.39 is 0 Å². The third-order valence-corrected chi connectivity index (χ3v) is 3.82. The Balaban J connectivity index is 1.68. The molecule has 0 radical (unpaired) electrons. The number of rotatable bonds is 2. The predicted molar refractivity (Wildman–Crippen MR) is 74.5 cm³/mol. The van der Waals surface area contributed by atoms with E-state index in [0.29, 0.717) is 19.1 Å². The maximum atomic E-state index is 12.4. The minimum atomic E-state index is -0.383. The number of hydrogen-bond acceptors (Lipinski definition) is 5. The van der Waals surface area contributed by atoms with Gasteiger partial charge >= 0.3 is 0 Å². The summed E-state index contributed by atoms with van der Waals surface area (Å²) in [6, 6.07) is 1.87. The molecule has 3 rings (SSSR count). The van der Waals surface area contributed by atoms with Crippen molar-refractivity contribution in [1.82, 2.24) is 14.9 Å². The van der Waals surface area contributed by atoms with Gasteiger partial charge in [0.25, 0.3) is 5.91 Å². The molecule has 1 aromatic rings. The Bertz CT molecular complexity index is 488. The molecule has 0 aromatic carbocycles. The van der Waals surface area contributed by atoms with E-state index in [9.17, 15) is 4.79 Å². The predicted octanol–water partition coefficient (Wildman–Crippen LogP) is 0.613. The van der Waals surface area contributed by atoms with Gasteiger partial charge in [-0.15, -0.1) is 0 Å². The third-order valence-electron chi connectivity index (χ3n) is 3.82. The van der Waals surface area contributed by atoms with Gasteiger partial charge in [-0.1, -0.05) is 0 Å². The molecule has 1 aromatic heterocycles. The van der Waals surface area contributed by atoms with Crippen LogP contribution in [-0.4, -0.2) is 59.7 Å². The lowest BCUT2D eigenvalue weighted by atomic mass is 10.2. The molecule has 2 aliphatic heterocycles. The molecule has 20 heavy (non-hydrogen) atoms. The minimum Gasteiger partial charge on any atom is -0.365 e. The van der Waals surface area contributed by atoms with Gasteiger partial charge in [0, 0.05) is 31.5 Å². The minimum absolute atomic E-state index is 0.111. The molecule has 6 heteroatoms. The van der Waals surface area contributed by atoms with Gasteiger partial charge in [0.05, 0.1) is 13.2 Å². The molecule has 1 amide bonds. The highest BCUT2D eigenvalue weighted by atomic mass is 16.5. The van der Waals surface area contributed by atoms with Crippen molar-refractivity contribution < 1.29 is 9.53 Å². The molecule has 2 saturated heterocycles. The number of amides is 1. The maximum absolute atomic E-state index is 12.4. The molecule has 2 aliphatic rings. The Morgan fingerprint density at radius 2 is 2.15 bits per heavy atom. The number of morpholine rings is 1. The zero-order valence-electron chi connectivity index (χ0n) is 11.8. The molecule has 2 fully saturated rings. The molecule has 0 bridgehead atoms. The highest BCUT2D eigenvalue weighted by Gasteiger charge is 2.32. The molecule has 108 valence electrons. The normalized spacial score (nSPS) is 23.1. The Hall–Kier alpha value is -1.69. The number of hydrogen-bond donors (Lipinski definition) is 0. The molecule has 3 heterocycles. The topological polar surface area (TPSA) is 58.6 Å². The van der Waals surface area contributed by atoms with Crippen LogP contribution in [0, 0.1) is 6.92 Å². The first-order valence-electron chi connectivity index (χ1n) is 7.19. The monoisotopic (exact) mass is 276 g/mol. The van der Waals surface area contributed by atoms with E-state index in [1.165, 1.54) is 0 Å². The molecule has 0 N–H and O–H groups in total. The lowest BCUT2D eigenvalue weighted by molar-refractivity contribution is -0.143. The van der Waals surface area contributed by atoms with Gasteiger partial charge < -0.3 is 14.5 Å². The number of carbonyl (C=O) groups excluding carboxylic acids is 1. The van der Waals surface area contributed by atoms with Crippen molar-refractivity contribution in [1.29, 1.82) is 0 Å². The van der Waals surface area contributed by atoms with Crippen LogP contribution in [-0.2, 0) is 9.53 Å². The Morgan fingerprint density at radius 3 is 2.90 bits per heavy atom. The average Bonchev–Trinajstić information content (AvgIpc) is 3.01. The molecule has 0 spiro atoms. The maximum Gasteiger partial charge on any atom is 0.253 e. The van der Waals surface area contributed by atoms with Gasteiger partial charge in [-0.2, -0.15) is 0 Å². The SMILES string of the molecule is Cc1ccnc(N2CCOC(C(=O)N3CCCC3)C2)n1. The first kappa shape index (κ1) is 13.3. The molecular weight excluding hydrogens is 256 g/mol. The van der Waals surface area contributed by atoms with E-state index >= 15 is 0 Å². The van der Waals surface area contributed by atoms with E-state index in [4.69, 9.17) is 4.74 Å². The summed E-state index contributed by atoms with van der Waals surface area (Å²) in [6.45, 7) is 5.48. The second kappa shape index (κ2) is 5.75. The summed E-state index contributed by atoms with van der Waals surface area (Å²) in [7, 11) is 0. The van der Waals surface area contributed by atoms with Crippen LogP contribution in [0.15, 0.2) is 12.3 Å². The van der Waals surface area contributed by atoms with Gasteiger partial charge in [-0.25, -0.2) is 9.97 Å². The van der Waals surface area contributed by atoms with Crippen LogP contribution in [0.3, 0.4) is 0 Å². The third kappa shape index (κ3) is 2.75. The summed E-state index contributed by atoms with van der Waals surface area (Å²) < 4.78 is 5.65. The Morgan fingerprint density at radius 1 is 1.35 bits per heavy atom. The Kier molecular flexibility index (Phi) is 3.82. The number of nitrogens with zero attached hydrogens (tertiary/aromatic N) is 4. The van der Waals surface area contributed by atoms with Crippen LogP contribution in [0.4, 0.5) is 5.95 Å². The van der Waals surface area contributed by atoms with Crippen LogP contribution in [0.5, 0.6) is 0 Å². The van der Waals surface area contributed by atoms with E-state index in [2.05, 4.69) is 9.97 Å². The fourth-order valence-corrected chi connectivity index (χ4v) is 2.71. The number of aromatic nitrogens is 2. The van der Waals surface area contributed by atoms with Crippen molar-refractivity contribution >= 4 is 11.9 Å². The molecule has 6 nitrogen and oxygen atoms in total. The van der Waals surface area contributed by atoms with Crippen molar-refractivity contribution in [2.75, 3.05) is 37.7 Å². The van der Waals surface area contributed by atoms with E-state index in [1.807, 2.05) is 22.8 Å². The zero-order valence-corrected chi connectivity index (χ0v) is 11.8. The zero-order chi connectivity index (χ0) is 13.9. The van der Waals surface area contributed by atoms with Crippen molar-refractivity contribution in [2.24, 2.45) is 0 Å². The fourth-order valence-electron chi connectivity index (χ4n) is 2.71. The summed E-state index contributed by atoms with van der Waals surface area (Å²) in [5, 5.41) is 0. The van der Waals surface area contributed by atoms with Crippen LogP contribution in [0.25, 0.3) is 0 Å². The number of anilines is 1. The number of aryl methyl sites for hydroxylation is 1. The summed E-state index contributed by atoms with van der Waals surface area (Å²) >= 11 is 0. The summed E-state index contributed by atoms with van der Waals surface area (Å²) in [5.41, 5.74) is 0.934. The molecule has 1 unspecified atom stereocenters. The quantitative estimate of drug-likeness (QED) is 0.792. The number of carbonyl (C=O) groups is 1. The van der Waals surface area contributed by atoms with Gasteiger partial charge in [0.15, 0.2) is 6.10 Å². The van der Waals surface area contributed by atoms with E-state index in [0.717, 1.165) is 38.2 Å². The van der Waals surface area contributed by atoms with Gasteiger partial charge in [-0.3, -0.25) is 4.79 Å².